The van der Waals surface area contributed by atoms with Crippen LogP contribution in [0.2, 0.25) is 0 Å². The molecule has 2 fully saturated rings. The number of carbonyl (C=O) groups is 1. The van der Waals surface area contributed by atoms with Crippen LogP contribution < -0.4 is 0 Å². The molecule has 3 heteroatoms. The molecular formula is C18H24FNO. The van der Waals surface area contributed by atoms with Crippen LogP contribution in [0, 0.1) is 18.7 Å². The van der Waals surface area contributed by atoms with Gasteiger partial charge in [0, 0.05) is 24.9 Å². The van der Waals surface area contributed by atoms with Crippen molar-refractivity contribution in [3.8, 4) is 0 Å². The Hall–Kier alpha value is -1.22. The van der Waals surface area contributed by atoms with Gasteiger partial charge >= 0.3 is 0 Å². The Morgan fingerprint density at radius 1 is 1.24 bits per heavy atom. The Kier molecular flexibility index (Phi) is 4.39. The van der Waals surface area contributed by atoms with Gasteiger partial charge in [-0.25, -0.2) is 4.39 Å². The first-order chi connectivity index (χ1) is 10.1. The number of carbonyl (C=O) groups excluding carboxylic acids is 1. The Balaban J connectivity index is 1.76. The first-order valence-electron chi connectivity index (χ1n) is 8.17. The van der Waals surface area contributed by atoms with Gasteiger partial charge in [-0.1, -0.05) is 12.5 Å². The topological polar surface area (TPSA) is 20.3 Å². The number of piperidine rings is 1. The zero-order valence-corrected chi connectivity index (χ0v) is 12.8. The molecule has 1 saturated carbocycles. The molecule has 2 unspecified atom stereocenters. The van der Waals surface area contributed by atoms with Gasteiger partial charge in [0.25, 0.3) is 0 Å². The summed E-state index contributed by atoms with van der Waals surface area (Å²) in [5, 5.41) is 0. The molecule has 2 atom stereocenters. The third-order valence-corrected chi connectivity index (χ3v) is 5.16. The van der Waals surface area contributed by atoms with Gasteiger partial charge in [-0.2, -0.15) is 0 Å². The van der Waals surface area contributed by atoms with Gasteiger partial charge in [-0.15, -0.1) is 0 Å². The Morgan fingerprint density at radius 2 is 2.10 bits per heavy atom. The molecule has 2 nitrogen and oxygen atoms in total. The molecule has 0 amide bonds. The molecule has 2 aliphatic rings. The van der Waals surface area contributed by atoms with Crippen LogP contribution in [0.25, 0.3) is 0 Å². The second kappa shape index (κ2) is 6.27. The predicted molar refractivity (Wildman–Crippen MR) is 81.5 cm³/mol. The van der Waals surface area contributed by atoms with Crippen molar-refractivity contribution in [3.63, 3.8) is 0 Å². The maximum absolute atomic E-state index is 13.2. The molecular weight excluding hydrogens is 265 g/mol. The SMILES string of the molecule is Cc1cc(F)ccc1CN1CCCCC1C1CCCC1=O. The first-order valence-corrected chi connectivity index (χ1v) is 8.17. The maximum atomic E-state index is 13.2. The van der Waals surface area contributed by atoms with E-state index in [0.717, 1.165) is 44.3 Å². The van der Waals surface area contributed by atoms with Crippen molar-refractivity contribution in [2.45, 2.75) is 58.0 Å². The van der Waals surface area contributed by atoms with Gasteiger partial charge < -0.3 is 0 Å². The molecule has 1 saturated heterocycles. The highest BCUT2D eigenvalue weighted by molar-refractivity contribution is 5.83. The van der Waals surface area contributed by atoms with Crippen LogP contribution in [0.3, 0.4) is 0 Å². The number of benzene rings is 1. The van der Waals surface area contributed by atoms with Crippen molar-refractivity contribution in [2.24, 2.45) is 5.92 Å². The van der Waals surface area contributed by atoms with E-state index in [1.165, 1.54) is 18.4 Å². The van der Waals surface area contributed by atoms with E-state index in [4.69, 9.17) is 0 Å². The van der Waals surface area contributed by atoms with Crippen molar-refractivity contribution in [1.82, 2.24) is 4.90 Å². The van der Waals surface area contributed by atoms with Crippen molar-refractivity contribution >= 4 is 5.78 Å². The summed E-state index contributed by atoms with van der Waals surface area (Å²) in [7, 11) is 0. The highest BCUT2D eigenvalue weighted by Gasteiger charge is 2.36. The highest BCUT2D eigenvalue weighted by Crippen LogP contribution is 2.33. The van der Waals surface area contributed by atoms with Crippen LogP contribution in [0.15, 0.2) is 18.2 Å². The molecule has 1 heterocycles. The number of hydrogen-bond donors (Lipinski definition) is 0. The fourth-order valence-corrected chi connectivity index (χ4v) is 3.97. The Morgan fingerprint density at radius 3 is 2.81 bits per heavy atom. The Bertz CT molecular complexity index is 528. The average Bonchev–Trinajstić information content (AvgIpc) is 2.89. The van der Waals surface area contributed by atoms with Crippen LogP contribution in [-0.2, 0) is 11.3 Å². The molecule has 114 valence electrons. The van der Waals surface area contributed by atoms with Gasteiger partial charge in [0.15, 0.2) is 0 Å². The van der Waals surface area contributed by atoms with Crippen LogP contribution >= 0.6 is 0 Å². The second-order valence-corrected chi connectivity index (χ2v) is 6.57. The molecule has 21 heavy (non-hydrogen) atoms. The standard InChI is InChI=1S/C18H24FNO/c1-13-11-15(19)9-8-14(13)12-20-10-3-2-6-17(20)16-5-4-7-18(16)21/h8-9,11,16-17H,2-7,10,12H2,1H3. The van der Waals surface area contributed by atoms with Crippen LogP contribution in [-0.4, -0.2) is 23.3 Å². The normalized spacial score (nSPS) is 27.2. The van der Waals surface area contributed by atoms with E-state index >= 15 is 0 Å². The third-order valence-electron chi connectivity index (χ3n) is 5.16. The van der Waals surface area contributed by atoms with Crippen LogP contribution in [0.5, 0.6) is 0 Å². The predicted octanol–water partition coefficient (Wildman–Crippen LogP) is 3.86. The Labute approximate surface area is 126 Å². The molecule has 0 aromatic heterocycles. The molecule has 1 aromatic carbocycles. The minimum atomic E-state index is -0.169. The number of ketones is 1. The molecule has 3 rings (SSSR count). The van der Waals surface area contributed by atoms with Gasteiger partial charge in [0.2, 0.25) is 0 Å². The highest BCUT2D eigenvalue weighted by atomic mass is 19.1. The van der Waals surface area contributed by atoms with Gasteiger partial charge in [0.05, 0.1) is 0 Å². The van der Waals surface area contributed by atoms with Gasteiger partial charge in [-0.05, 0) is 62.4 Å². The molecule has 0 N–H and O–H groups in total. The number of halogens is 1. The van der Waals surface area contributed by atoms with E-state index < -0.39 is 0 Å². The molecule has 1 aromatic rings. The van der Waals surface area contributed by atoms with Gasteiger partial charge in [-0.3, -0.25) is 9.69 Å². The lowest BCUT2D eigenvalue weighted by atomic mass is 9.88. The van der Waals surface area contributed by atoms with E-state index in [0.29, 0.717) is 11.8 Å². The summed E-state index contributed by atoms with van der Waals surface area (Å²) in [6.45, 7) is 3.88. The molecule has 1 aliphatic carbocycles. The summed E-state index contributed by atoms with van der Waals surface area (Å²) in [6.07, 6.45) is 6.46. The summed E-state index contributed by atoms with van der Waals surface area (Å²) in [5.41, 5.74) is 2.20. The molecule has 0 radical (unpaired) electrons. The zero-order chi connectivity index (χ0) is 14.8. The van der Waals surface area contributed by atoms with Crippen molar-refractivity contribution < 1.29 is 9.18 Å². The lowest BCUT2D eigenvalue weighted by molar-refractivity contribution is -0.123. The largest absolute Gasteiger partial charge is 0.299 e. The van der Waals surface area contributed by atoms with E-state index in [1.807, 2.05) is 13.0 Å². The number of likely N-dealkylation sites (tertiary alicyclic amines) is 1. The number of Topliss-reactive ketones (excluding diaryl/α,β-unsaturated/α-hetero) is 1. The monoisotopic (exact) mass is 289 g/mol. The van der Waals surface area contributed by atoms with Crippen molar-refractivity contribution in [3.05, 3.63) is 35.1 Å². The van der Waals surface area contributed by atoms with E-state index in [-0.39, 0.29) is 11.7 Å². The average molecular weight is 289 g/mol. The molecule has 0 spiro atoms. The first kappa shape index (κ1) is 14.7. The van der Waals surface area contributed by atoms with Crippen LogP contribution in [0.1, 0.15) is 49.7 Å². The summed E-state index contributed by atoms with van der Waals surface area (Å²) in [5.74, 6) is 0.534. The lowest BCUT2D eigenvalue weighted by Crippen LogP contribution is -2.45. The minimum Gasteiger partial charge on any atom is -0.299 e. The quantitative estimate of drug-likeness (QED) is 0.842. The van der Waals surface area contributed by atoms with Gasteiger partial charge in [0.1, 0.15) is 11.6 Å². The minimum absolute atomic E-state index is 0.169. The number of rotatable bonds is 3. The summed E-state index contributed by atoms with van der Waals surface area (Å²) in [4.78, 5) is 14.6. The second-order valence-electron chi connectivity index (χ2n) is 6.57. The van der Waals surface area contributed by atoms with Crippen molar-refractivity contribution in [2.75, 3.05) is 6.54 Å². The van der Waals surface area contributed by atoms with E-state index in [9.17, 15) is 9.18 Å². The summed E-state index contributed by atoms with van der Waals surface area (Å²) in [6, 6.07) is 5.45. The fraction of sp³-hybridized carbons (Fsp3) is 0.611. The van der Waals surface area contributed by atoms with E-state index in [1.54, 1.807) is 12.1 Å². The van der Waals surface area contributed by atoms with Crippen molar-refractivity contribution in [1.29, 1.82) is 0 Å². The summed E-state index contributed by atoms with van der Waals surface area (Å²) >= 11 is 0. The lowest BCUT2D eigenvalue weighted by Gasteiger charge is -2.39. The molecule has 1 aliphatic heterocycles. The number of hydrogen-bond acceptors (Lipinski definition) is 2. The zero-order valence-electron chi connectivity index (χ0n) is 12.8. The smallest absolute Gasteiger partial charge is 0.137 e. The number of aryl methyl sites for hydroxylation is 1. The number of nitrogens with zero attached hydrogens (tertiary/aromatic N) is 1. The summed E-state index contributed by atoms with van der Waals surface area (Å²) < 4.78 is 13.2. The van der Waals surface area contributed by atoms with E-state index in [2.05, 4.69) is 4.90 Å². The fourth-order valence-electron chi connectivity index (χ4n) is 3.97. The van der Waals surface area contributed by atoms with Crippen LogP contribution in [0.4, 0.5) is 4.39 Å². The maximum Gasteiger partial charge on any atom is 0.137 e. The third kappa shape index (κ3) is 3.18. The molecule has 0 bridgehead atoms.